The molecule has 1 N–H and O–H groups in total. The van der Waals surface area contributed by atoms with E-state index in [4.69, 9.17) is 13.9 Å². The van der Waals surface area contributed by atoms with Gasteiger partial charge in [-0.15, -0.1) is 0 Å². The van der Waals surface area contributed by atoms with Crippen LogP contribution in [-0.4, -0.2) is 55.6 Å². The molecule has 1 saturated heterocycles. The summed E-state index contributed by atoms with van der Waals surface area (Å²) in [6, 6.07) is 7.51. The molecule has 0 amide bonds. The Labute approximate surface area is 162 Å². The van der Waals surface area contributed by atoms with Gasteiger partial charge in [-0.05, 0) is 12.1 Å². The number of nitrogens with zero attached hydrogens (tertiary/aromatic N) is 3. The predicted molar refractivity (Wildman–Crippen MR) is 104 cm³/mol. The van der Waals surface area contributed by atoms with Gasteiger partial charge in [0.2, 0.25) is 0 Å². The summed E-state index contributed by atoms with van der Waals surface area (Å²) in [4.78, 5) is 21.6. The van der Waals surface area contributed by atoms with Gasteiger partial charge in [0.05, 0.1) is 6.42 Å². The number of anilines is 1. The van der Waals surface area contributed by atoms with Crippen LogP contribution in [0.1, 0.15) is 5.76 Å². The Morgan fingerprint density at radius 1 is 1.14 bits per heavy atom. The second-order valence-corrected chi connectivity index (χ2v) is 6.38. The molecule has 0 unspecified atom stereocenters. The quantitative estimate of drug-likeness (QED) is 0.466. The number of para-hydroxylation sites is 1. The molecule has 1 aliphatic rings. The molecule has 0 radical (unpaired) electrons. The minimum atomic E-state index is 0.249. The van der Waals surface area contributed by atoms with E-state index >= 15 is 0 Å². The van der Waals surface area contributed by atoms with Crippen LogP contribution in [0.5, 0.6) is 11.6 Å². The monoisotopic (exact) mass is 382 g/mol. The number of aldehydes is 1. The van der Waals surface area contributed by atoms with E-state index in [1.54, 1.807) is 12.4 Å². The van der Waals surface area contributed by atoms with E-state index in [0.717, 1.165) is 43.7 Å². The fraction of sp³-hybridized carbons (Fsp3) is 0.350. The van der Waals surface area contributed by atoms with Crippen LogP contribution in [-0.2, 0) is 11.2 Å². The first-order chi connectivity index (χ1) is 13.8. The van der Waals surface area contributed by atoms with Crippen LogP contribution in [0.3, 0.4) is 0 Å². The number of carbonyl (C=O) groups excluding carboxylic acids is 1. The first-order valence-electron chi connectivity index (χ1n) is 9.32. The van der Waals surface area contributed by atoms with Gasteiger partial charge in [0.15, 0.2) is 17.2 Å². The van der Waals surface area contributed by atoms with Crippen LogP contribution >= 0.6 is 0 Å². The first kappa shape index (κ1) is 18.2. The highest BCUT2D eigenvalue weighted by molar-refractivity contribution is 5.84. The number of fused-ring (bicyclic) bond motifs is 1. The molecule has 0 atom stereocenters. The molecule has 3 heterocycles. The second kappa shape index (κ2) is 8.71. The van der Waals surface area contributed by atoms with Crippen LogP contribution in [0, 0.1) is 0 Å². The van der Waals surface area contributed by atoms with Gasteiger partial charge in [-0.25, -0.2) is 9.97 Å². The van der Waals surface area contributed by atoms with Crippen LogP contribution in [0.15, 0.2) is 41.1 Å². The molecule has 0 saturated carbocycles. The third kappa shape index (κ3) is 4.07. The van der Waals surface area contributed by atoms with Crippen molar-refractivity contribution in [2.45, 2.75) is 6.42 Å². The highest BCUT2D eigenvalue weighted by Crippen LogP contribution is 2.29. The average Bonchev–Trinajstić information content (AvgIpc) is 3.16. The highest BCUT2D eigenvalue weighted by Gasteiger charge is 2.17. The molecule has 8 nitrogen and oxygen atoms in total. The molecule has 1 fully saturated rings. The van der Waals surface area contributed by atoms with Gasteiger partial charge in [-0.2, -0.15) is 0 Å². The number of hydrogen-bond acceptors (Lipinski definition) is 8. The van der Waals surface area contributed by atoms with Gasteiger partial charge < -0.3 is 28.9 Å². The van der Waals surface area contributed by atoms with Gasteiger partial charge in [-0.1, -0.05) is 12.1 Å². The summed E-state index contributed by atoms with van der Waals surface area (Å²) < 4.78 is 17.4. The highest BCUT2D eigenvalue weighted by atomic mass is 16.5. The van der Waals surface area contributed by atoms with E-state index in [-0.39, 0.29) is 6.42 Å². The number of carbonyl (C=O) groups is 1. The number of rotatable bonds is 8. The van der Waals surface area contributed by atoms with Crippen molar-refractivity contribution in [2.75, 3.05) is 44.3 Å². The Bertz CT molecular complexity index is 937. The van der Waals surface area contributed by atoms with Crippen molar-refractivity contribution in [2.24, 2.45) is 0 Å². The summed E-state index contributed by atoms with van der Waals surface area (Å²) in [5.74, 6) is 2.52. The summed E-state index contributed by atoms with van der Waals surface area (Å²) >= 11 is 0. The van der Waals surface area contributed by atoms with Crippen molar-refractivity contribution < 1.29 is 18.7 Å². The van der Waals surface area contributed by atoms with Crippen molar-refractivity contribution in [1.82, 2.24) is 15.3 Å². The average molecular weight is 382 g/mol. The maximum Gasteiger partial charge on any atom is 0.257 e. The normalized spacial score (nSPS) is 14.2. The largest absolute Gasteiger partial charge is 0.486 e. The van der Waals surface area contributed by atoms with E-state index in [0.29, 0.717) is 36.2 Å². The molecule has 1 aromatic carbocycles. The summed E-state index contributed by atoms with van der Waals surface area (Å²) in [6.45, 7) is 4.23. The third-order valence-electron chi connectivity index (χ3n) is 4.49. The molecule has 28 heavy (non-hydrogen) atoms. The number of furan rings is 1. The molecule has 0 spiro atoms. The molecule has 146 valence electrons. The lowest BCUT2D eigenvalue weighted by molar-refractivity contribution is -0.107. The number of ether oxygens (including phenoxy) is 2. The Morgan fingerprint density at radius 3 is 2.82 bits per heavy atom. The number of hydrogen-bond donors (Lipinski definition) is 1. The van der Waals surface area contributed by atoms with Crippen LogP contribution in [0.25, 0.3) is 11.0 Å². The topological polar surface area (TPSA) is 89.7 Å². The zero-order chi connectivity index (χ0) is 19.2. The van der Waals surface area contributed by atoms with Crippen LogP contribution in [0.2, 0.25) is 0 Å². The van der Waals surface area contributed by atoms with Gasteiger partial charge in [0.25, 0.3) is 5.88 Å². The van der Waals surface area contributed by atoms with E-state index < -0.39 is 0 Å². The lowest BCUT2D eigenvalue weighted by atomic mass is 10.2. The van der Waals surface area contributed by atoms with Crippen molar-refractivity contribution >= 4 is 23.1 Å². The van der Waals surface area contributed by atoms with Crippen LogP contribution < -0.4 is 19.7 Å². The van der Waals surface area contributed by atoms with E-state index in [9.17, 15) is 4.79 Å². The SMILES string of the molecule is O=CCc1cc2cccc(OCCOc3nccnc3N3CCNCC3)c2o1. The summed E-state index contributed by atoms with van der Waals surface area (Å²) in [7, 11) is 0. The minimum absolute atomic E-state index is 0.249. The number of piperazine rings is 1. The Hall–Kier alpha value is -3.13. The van der Waals surface area contributed by atoms with Crippen molar-refractivity contribution in [1.29, 1.82) is 0 Å². The Kier molecular flexibility index (Phi) is 5.67. The van der Waals surface area contributed by atoms with Crippen molar-refractivity contribution in [3.05, 3.63) is 42.4 Å². The van der Waals surface area contributed by atoms with E-state index in [2.05, 4.69) is 20.2 Å². The van der Waals surface area contributed by atoms with E-state index in [1.807, 2.05) is 24.3 Å². The molecule has 2 aromatic heterocycles. The summed E-state index contributed by atoms with van der Waals surface area (Å²) in [5, 5.41) is 4.23. The standard InChI is InChI=1S/C20H22N4O4/c25-11-4-16-14-15-2-1-3-17(18(15)28-16)26-12-13-27-20-19(22-5-6-23-20)24-9-7-21-8-10-24/h1-3,5-6,11,14,21H,4,7-10,12-13H2. The molecule has 8 heteroatoms. The molecule has 4 rings (SSSR count). The summed E-state index contributed by atoms with van der Waals surface area (Å²) in [5.41, 5.74) is 0.639. The molecule has 0 bridgehead atoms. The zero-order valence-corrected chi connectivity index (χ0v) is 15.5. The fourth-order valence-electron chi connectivity index (χ4n) is 3.19. The Morgan fingerprint density at radius 2 is 1.96 bits per heavy atom. The third-order valence-corrected chi connectivity index (χ3v) is 4.49. The Balaban J connectivity index is 1.38. The van der Waals surface area contributed by atoms with Gasteiger partial charge in [-0.3, -0.25) is 0 Å². The molecular weight excluding hydrogens is 360 g/mol. The fourth-order valence-corrected chi connectivity index (χ4v) is 3.19. The number of aromatic nitrogens is 2. The van der Waals surface area contributed by atoms with Crippen LogP contribution in [0.4, 0.5) is 5.82 Å². The summed E-state index contributed by atoms with van der Waals surface area (Å²) in [6.07, 6.45) is 4.37. The van der Waals surface area contributed by atoms with Gasteiger partial charge in [0, 0.05) is 44.0 Å². The second-order valence-electron chi connectivity index (χ2n) is 6.38. The van der Waals surface area contributed by atoms with Gasteiger partial charge in [0.1, 0.15) is 25.3 Å². The molecular formula is C20H22N4O4. The molecule has 3 aromatic rings. The molecule has 1 aliphatic heterocycles. The lowest BCUT2D eigenvalue weighted by Crippen LogP contribution is -2.44. The van der Waals surface area contributed by atoms with Gasteiger partial charge >= 0.3 is 0 Å². The maximum atomic E-state index is 10.7. The number of nitrogens with one attached hydrogen (secondary N) is 1. The van der Waals surface area contributed by atoms with E-state index in [1.165, 1.54) is 0 Å². The van der Waals surface area contributed by atoms with Crippen molar-refractivity contribution in [3.8, 4) is 11.6 Å². The number of benzene rings is 1. The lowest BCUT2D eigenvalue weighted by Gasteiger charge is -2.28. The smallest absolute Gasteiger partial charge is 0.257 e. The maximum absolute atomic E-state index is 10.7. The van der Waals surface area contributed by atoms with Crippen molar-refractivity contribution in [3.63, 3.8) is 0 Å². The predicted octanol–water partition coefficient (Wildman–Crippen LogP) is 1.83. The first-order valence-corrected chi connectivity index (χ1v) is 9.32. The molecule has 0 aliphatic carbocycles. The zero-order valence-electron chi connectivity index (χ0n) is 15.5. The minimum Gasteiger partial charge on any atom is -0.486 e.